The van der Waals surface area contributed by atoms with Crippen LogP contribution >= 0.6 is 0 Å². The van der Waals surface area contributed by atoms with Crippen molar-refractivity contribution in [1.29, 1.82) is 0 Å². The third-order valence-corrected chi connectivity index (χ3v) is 8.93. The summed E-state index contributed by atoms with van der Waals surface area (Å²) in [6.07, 6.45) is 6.25. The third kappa shape index (κ3) is 7.08. The molecule has 2 saturated carbocycles. The summed E-state index contributed by atoms with van der Waals surface area (Å²) in [6.45, 7) is 11.1. The van der Waals surface area contributed by atoms with E-state index in [0.717, 1.165) is 24.8 Å². The summed E-state index contributed by atoms with van der Waals surface area (Å²) < 4.78 is 50.8. The van der Waals surface area contributed by atoms with Crippen LogP contribution in [-0.2, 0) is 15.7 Å². The van der Waals surface area contributed by atoms with Gasteiger partial charge in [-0.25, -0.2) is 32.0 Å². The maximum atomic E-state index is 13.9. The van der Waals surface area contributed by atoms with Gasteiger partial charge >= 0.3 is 6.09 Å². The molecule has 2 heterocycles. The molecule has 0 bridgehead atoms. The van der Waals surface area contributed by atoms with Crippen LogP contribution in [0, 0.1) is 11.8 Å². The van der Waals surface area contributed by atoms with Gasteiger partial charge in [0.25, 0.3) is 0 Å². The van der Waals surface area contributed by atoms with Crippen LogP contribution in [0.3, 0.4) is 0 Å². The zero-order chi connectivity index (χ0) is 27.9. The molecule has 0 unspecified atom stereocenters. The monoisotopic (exact) mass is 553 g/mol. The van der Waals surface area contributed by atoms with E-state index in [1.54, 1.807) is 37.7 Å². The van der Waals surface area contributed by atoms with Gasteiger partial charge in [0, 0.05) is 18.9 Å². The SMILES string of the molecule is CC(C)(C)OC(=O)N[C@H](c1cn2ncc([C@H](N[S@@](=O)C(C)(C)C)C3CCC3)cc2n1)C1CCC(F)(F)CC1. The van der Waals surface area contributed by atoms with Crippen molar-refractivity contribution in [2.24, 2.45) is 11.8 Å². The molecule has 38 heavy (non-hydrogen) atoms. The van der Waals surface area contributed by atoms with Gasteiger partial charge in [-0.1, -0.05) is 6.42 Å². The highest BCUT2D eigenvalue weighted by atomic mass is 32.2. The number of alkyl carbamates (subject to hydrolysis) is 1. The molecule has 4 rings (SSSR count). The first-order valence-electron chi connectivity index (χ1n) is 13.5. The van der Waals surface area contributed by atoms with E-state index in [1.165, 1.54) is 0 Å². The number of hydrogen-bond donors (Lipinski definition) is 2. The van der Waals surface area contributed by atoms with Crippen molar-refractivity contribution in [3.63, 3.8) is 0 Å². The lowest BCUT2D eigenvalue weighted by atomic mass is 9.78. The fourth-order valence-corrected chi connectivity index (χ4v) is 5.91. The zero-order valence-corrected chi connectivity index (χ0v) is 24.0. The van der Waals surface area contributed by atoms with Gasteiger partial charge in [-0.15, -0.1) is 0 Å². The standard InChI is InChI=1S/C27H41F2N5O3S/c1-25(2,3)37-24(35)32-23(18-10-12-27(28,29)13-11-18)20-16-34-21(31-20)14-19(15-30-34)22(17-8-7-9-17)33-38(36)26(4,5)6/h14-18,22-23,33H,7-13H2,1-6H3,(H,32,35)/t22-,23+,38+/m1/s1. The van der Waals surface area contributed by atoms with Crippen LogP contribution in [0.15, 0.2) is 18.5 Å². The second kappa shape index (κ2) is 10.8. The van der Waals surface area contributed by atoms with Crippen molar-refractivity contribution in [2.75, 3.05) is 0 Å². The van der Waals surface area contributed by atoms with Crippen LogP contribution in [-0.4, -0.2) is 41.2 Å². The summed E-state index contributed by atoms with van der Waals surface area (Å²) in [7, 11) is -1.24. The first-order valence-corrected chi connectivity index (χ1v) is 14.7. The van der Waals surface area contributed by atoms with E-state index in [0.29, 0.717) is 17.3 Å². The van der Waals surface area contributed by atoms with E-state index in [-0.39, 0.29) is 37.6 Å². The van der Waals surface area contributed by atoms with Crippen LogP contribution in [0.25, 0.3) is 5.65 Å². The van der Waals surface area contributed by atoms with Gasteiger partial charge in [0.2, 0.25) is 5.92 Å². The van der Waals surface area contributed by atoms with Gasteiger partial charge < -0.3 is 10.1 Å². The minimum absolute atomic E-state index is 0.113. The Labute approximate surface area is 226 Å². The van der Waals surface area contributed by atoms with Crippen molar-refractivity contribution in [2.45, 2.75) is 115 Å². The number of ether oxygens (including phenoxy) is 1. The van der Waals surface area contributed by atoms with Gasteiger partial charge in [-0.05, 0) is 90.7 Å². The van der Waals surface area contributed by atoms with Gasteiger partial charge in [-0.3, -0.25) is 0 Å². The lowest BCUT2D eigenvalue weighted by Crippen LogP contribution is -2.40. The third-order valence-electron chi connectivity index (χ3n) is 7.35. The van der Waals surface area contributed by atoms with Crippen LogP contribution in [0.1, 0.15) is 110 Å². The lowest BCUT2D eigenvalue weighted by molar-refractivity contribution is -0.0500. The maximum absolute atomic E-state index is 13.9. The lowest BCUT2D eigenvalue weighted by Gasteiger charge is -2.35. The molecule has 2 aromatic heterocycles. The molecule has 11 heteroatoms. The molecule has 0 aliphatic heterocycles. The number of aromatic nitrogens is 3. The Kier molecular flexibility index (Phi) is 8.19. The second-order valence-electron chi connectivity index (χ2n) is 12.7. The summed E-state index contributed by atoms with van der Waals surface area (Å²) in [5.41, 5.74) is 1.36. The number of imidazole rings is 1. The summed E-state index contributed by atoms with van der Waals surface area (Å²) in [5, 5.41) is 7.48. The zero-order valence-electron chi connectivity index (χ0n) is 23.2. The van der Waals surface area contributed by atoms with E-state index < -0.39 is 39.4 Å². The first kappa shape index (κ1) is 28.9. The largest absolute Gasteiger partial charge is 0.444 e. The Morgan fingerprint density at radius 3 is 2.29 bits per heavy atom. The van der Waals surface area contributed by atoms with Crippen molar-refractivity contribution in [1.82, 2.24) is 24.6 Å². The molecule has 2 aromatic rings. The predicted molar refractivity (Wildman–Crippen MR) is 143 cm³/mol. The Hall–Kier alpha value is -2.14. The normalized spacial score (nSPS) is 21.5. The number of amides is 1. The molecule has 2 fully saturated rings. The molecule has 3 atom stereocenters. The van der Waals surface area contributed by atoms with E-state index in [2.05, 4.69) is 15.1 Å². The summed E-state index contributed by atoms with van der Waals surface area (Å²) in [6, 6.07) is 1.24. The number of rotatable bonds is 7. The summed E-state index contributed by atoms with van der Waals surface area (Å²) in [4.78, 5) is 17.5. The smallest absolute Gasteiger partial charge is 0.408 e. The molecule has 2 N–H and O–H groups in total. The molecular weight excluding hydrogens is 512 g/mol. The number of nitrogens with one attached hydrogen (secondary N) is 2. The van der Waals surface area contributed by atoms with E-state index in [4.69, 9.17) is 9.72 Å². The average molecular weight is 554 g/mol. The first-order chi connectivity index (χ1) is 17.6. The number of hydrogen-bond acceptors (Lipinski definition) is 5. The number of halogens is 2. The minimum Gasteiger partial charge on any atom is -0.444 e. The molecule has 212 valence electrons. The van der Waals surface area contributed by atoms with Crippen molar-refractivity contribution < 1.29 is 22.5 Å². The highest BCUT2D eigenvalue weighted by molar-refractivity contribution is 7.84. The number of fused-ring (bicyclic) bond motifs is 1. The van der Waals surface area contributed by atoms with Gasteiger partial charge in [0.05, 0.1) is 39.9 Å². The number of carbonyl (C=O) groups excluding carboxylic acids is 1. The molecule has 2 aliphatic carbocycles. The second-order valence-corrected chi connectivity index (χ2v) is 14.7. The fraction of sp³-hybridized carbons (Fsp3) is 0.741. The molecule has 0 radical (unpaired) electrons. The Balaban J connectivity index is 1.62. The highest BCUT2D eigenvalue weighted by Gasteiger charge is 2.40. The van der Waals surface area contributed by atoms with Crippen LogP contribution < -0.4 is 10.0 Å². The average Bonchev–Trinajstić information content (AvgIpc) is 3.17. The maximum Gasteiger partial charge on any atom is 0.408 e. The van der Waals surface area contributed by atoms with Gasteiger partial charge in [0.15, 0.2) is 5.65 Å². The molecule has 0 spiro atoms. The van der Waals surface area contributed by atoms with Crippen molar-refractivity contribution in [3.8, 4) is 0 Å². The van der Waals surface area contributed by atoms with Crippen LogP contribution in [0.5, 0.6) is 0 Å². The predicted octanol–water partition coefficient (Wildman–Crippen LogP) is 6.01. The highest BCUT2D eigenvalue weighted by Crippen LogP contribution is 2.42. The van der Waals surface area contributed by atoms with Crippen LogP contribution in [0.2, 0.25) is 0 Å². The molecule has 0 aromatic carbocycles. The number of carbonyl (C=O) groups is 1. The summed E-state index contributed by atoms with van der Waals surface area (Å²) >= 11 is 0. The topological polar surface area (TPSA) is 97.6 Å². The molecule has 8 nitrogen and oxygen atoms in total. The minimum atomic E-state index is -2.68. The Morgan fingerprint density at radius 2 is 1.74 bits per heavy atom. The number of nitrogens with zero attached hydrogens (tertiary/aromatic N) is 3. The van der Waals surface area contributed by atoms with E-state index in [9.17, 15) is 17.8 Å². The van der Waals surface area contributed by atoms with Gasteiger partial charge in [0.1, 0.15) is 5.60 Å². The molecule has 1 amide bonds. The van der Waals surface area contributed by atoms with Crippen molar-refractivity contribution >= 4 is 22.7 Å². The van der Waals surface area contributed by atoms with E-state index >= 15 is 0 Å². The molecule has 2 aliphatic rings. The van der Waals surface area contributed by atoms with E-state index in [1.807, 2.05) is 26.8 Å². The van der Waals surface area contributed by atoms with Crippen LogP contribution in [0.4, 0.5) is 13.6 Å². The van der Waals surface area contributed by atoms with Gasteiger partial charge in [-0.2, -0.15) is 5.10 Å². The Bertz CT molecular complexity index is 1160. The molecular formula is C27H41F2N5O3S. The number of alkyl halides is 2. The fourth-order valence-electron chi connectivity index (χ4n) is 5.00. The summed E-state index contributed by atoms with van der Waals surface area (Å²) in [5.74, 6) is -2.52. The Morgan fingerprint density at radius 1 is 1.11 bits per heavy atom. The quantitative estimate of drug-likeness (QED) is 0.437. The molecule has 0 saturated heterocycles. The van der Waals surface area contributed by atoms with Crippen molar-refractivity contribution in [3.05, 3.63) is 29.7 Å².